The van der Waals surface area contributed by atoms with Crippen LogP contribution in [0, 0.1) is 11.3 Å². The molecule has 0 aromatic heterocycles. The van der Waals surface area contributed by atoms with Gasteiger partial charge in [-0.2, -0.15) is 5.26 Å². The number of hydrogen-bond acceptors (Lipinski definition) is 3. The first kappa shape index (κ1) is 12.9. The first-order chi connectivity index (χ1) is 8.64. The zero-order chi connectivity index (χ0) is 13.0. The van der Waals surface area contributed by atoms with Gasteiger partial charge < -0.3 is 5.11 Å². The molecular formula is C15H20N2O. The lowest BCUT2D eigenvalue weighted by atomic mass is 9.90. The molecule has 18 heavy (non-hydrogen) atoms. The highest BCUT2D eigenvalue weighted by atomic mass is 16.3. The number of phenolic OH excluding ortho intramolecular Hbond substituents is 1. The highest BCUT2D eigenvalue weighted by molar-refractivity contribution is 5.28. The van der Waals surface area contributed by atoms with E-state index in [1.165, 1.54) is 19.3 Å². The highest BCUT2D eigenvalue weighted by Gasteiger charge is 2.32. The Morgan fingerprint density at radius 2 is 1.83 bits per heavy atom. The molecule has 3 heteroatoms. The lowest BCUT2D eigenvalue weighted by Gasteiger charge is -2.38. The SMILES string of the molecule is CC(C#N)(Cc1ccc(O)cc1)N1CCCCC1. The van der Waals surface area contributed by atoms with Crippen molar-refractivity contribution < 1.29 is 5.11 Å². The molecule has 1 atom stereocenters. The van der Waals surface area contributed by atoms with Crippen molar-refractivity contribution in [2.75, 3.05) is 13.1 Å². The Labute approximate surface area is 109 Å². The molecule has 96 valence electrons. The maximum absolute atomic E-state index is 9.51. The second kappa shape index (κ2) is 5.41. The van der Waals surface area contributed by atoms with E-state index in [0.29, 0.717) is 6.42 Å². The number of likely N-dealkylation sites (tertiary alicyclic amines) is 1. The quantitative estimate of drug-likeness (QED) is 0.889. The van der Waals surface area contributed by atoms with Crippen LogP contribution >= 0.6 is 0 Å². The van der Waals surface area contributed by atoms with Gasteiger partial charge in [0.25, 0.3) is 0 Å². The van der Waals surface area contributed by atoms with Crippen molar-refractivity contribution in [3.63, 3.8) is 0 Å². The van der Waals surface area contributed by atoms with Gasteiger partial charge in [-0.15, -0.1) is 0 Å². The minimum atomic E-state index is -0.433. The van der Waals surface area contributed by atoms with Crippen molar-refractivity contribution in [2.24, 2.45) is 0 Å². The van der Waals surface area contributed by atoms with Crippen LogP contribution in [0.1, 0.15) is 31.7 Å². The van der Waals surface area contributed by atoms with Gasteiger partial charge in [-0.05, 0) is 50.6 Å². The molecule has 1 heterocycles. The third-order valence-corrected chi connectivity index (χ3v) is 3.78. The van der Waals surface area contributed by atoms with Crippen molar-refractivity contribution in [3.05, 3.63) is 29.8 Å². The summed E-state index contributed by atoms with van der Waals surface area (Å²) in [7, 11) is 0. The van der Waals surface area contributed by atoms with Crippen LogP contribution in [0.4, 0.5) is 0 Å². The van der Waals surface area contributed by atoms with E-state index in [2.05, 4.69) is 11.0 Å². The molecule has 1 aliphatic heterocycles. The van der Waals surface area contributed by atoms with E-state index in [1.807, 2.05) is 19.1 Å². The van der Waals surface area contributed by atoms with Gasteiger partial charge in [0, 0.05) is 6.42 Å². The monoisotopic (exact) mass is 244 g/mol. The Kier molecular flexibility index (Phi) is 3.88. The van der Waals surface area contributed by atoms with E-state index >= 15 is 0 Å². The molecule has 1 unspecified atom stereocenters. The van der Waals surface area contributed by atoms with Crippen molar-refractivity contribution >= 4 is 0 Å². The average molecular weight is 244 g/mol. The second-order valence-corrected chi connectivity index (χ2v) is 5.28. The largest absolute Gasteiger partial charge is 0.508 e. The number of phenols is 1. The first-order valence-electron chi connectivity index (χ1n) is 6.58. The number of hydrogen-bond donors (Lipinski definition) is 1. The summed E-state index contributed by atoms with van der Waals surface area (Å²) in [4.78, 5) is 2.29. The lowest BCUT2D eigenvalue weighted by molar-refractivity contribution is 0.124. The van der Waals surface area contributed by atoms with Crippen LogP contribution in [0.3, 0.4) is 0 Å². The zero-order valence-corrected chi connectivity index (χ0v) is 10.9. The normalized spacial score (nSPS) is 20.0. The summed E-state index contributed by atoms with van der Waals surface area (Å²) < 4.78 is 0. The van der Waals surface area contributed by atoms with Crippen LogP contribution in [0.2, 0.25) is 0 Å². The van der Waals surface area contributed by atoms with Crippen molar-refractivity contribution in [3.8, 4) is 11.8 Å². The zero-order valence-electron chi connectivity index (χ0n) is 10.9. The summed E-state index contributed by atoms with van der Waals surface area (Å²) >= 11 is 0. The third-order valence-electron chi connectivity index (χ3n) is 3.78. The topological polar surface area (TPSA) is 47.3 Å². The van der Waals surface area contributed by atoms with E-state index in [0.717, 1.165) is 18.7 Å². The summed E-state index contributed by atoms with van der Waals surface area (Å²) in [6.45, 7) is 4.05. The summed E-state index contributed by atoms with van der Waals surface area (Å²) in [6.07, 6.45) is 4.36. The molecule has 1 saturated heterocycles. The van der Waals surface area contributed by atoms with Crippen molar-refractivity contribution in [1.29, 1.82) is 5.26 Å². The molecule has 0 spiro atoms. The maximum atomic E-state index is 9.51. The molecule has 0 aliphatic carbocycles. The summed E-state index contributed by atoms with van der Waals surface area (Å²) in [5, 5.41) is 18.8. The first-order valence-corrected chi connectivity index (χ1v) is 6.58. The molecule has 0 saturated carbocycles. The van der Waals surface area contributed by atoms with Crippen LogP contribution in [-0.4, -0.2) is 28.6 Å². The Morgan fingerprint density at radius 1 is 1.22 bits per heavy atom. The molecule has 3 nitrogen and oxygen atoms in total. The van der Waals surface area contributed by atoms with Crippen LogP contribution in [0.15, 0.2) is 24.3 Å². The van der Waals surface area contributed by atoms with Gasteiger partial charge in [-0.1, -0.05) is 18.6 Å². The van der Waals surface area contributed by atoms with E-state index in [9.17, 15) is 10.4 Å². The fourth-order valence-corrected chi connectivity index (χ4v) is 2.62. The van der Waals surface area contributed by atoms with Crippen LogP contribution in [0.5, 0.6) is 5.75 Å². The maximum Gasteiger partial charge on any atom is 0.115 e. The number of rotatable bonds is 3. The number of benzene rings is 1. The summed E-state index contributed by atoms with van der Waals surface area (Å²) in [6, 6.07) is 9.64. The third kappa shape index (κ3) is 2.83. The Morgan fingerprint density at radius 3 is 2.39 bits per heavy atom. The predicted octanol–water partition coefficient (Wildman–Crippen LogP) is 2.70. The predicted molar refractivity (Wildman–Crippen MR) is 71.3 cm³/mol. The van der Waals surface area contributed by atoms with E-state index in [-0.39, 0.29) is 5.75 Å². The summed E-state index contributed by atoms with van der Waals surface area (Å²) in [5.74, 6) is 0.274. The fourth-order valence-electron chi connectivity index (χ4n) is 2.62. The molecule has 1 fully saturated rings. The van der Waals surface area contributed by atoms with Gasteiger partial charge in [-0.3, -0.25) is 4.90 Å². The molecule has 1 aliphatic rings. The smallest absolute Gasteiger partial charge is 0.115 e. The van der Waals surface area contributed by atoms with E-state index in [1.54, 1.807) is 12.1 Å². The molecule has 1 aromatic rings. The van der Waals surface area contributed by atoms with E-state index in [4.69, 9.17) is 0 Å². The molecule has 0 amide bonds. The van der Waals surface area contributed by atoms with Crippen LogP contribution in [0.25, 0.3) is 0 Å². The van der Waals surface area contributed by atoms with E-state index < -0.39 is 5.54 Å². The molecular weight excluding hydrogens is 224 g/mol. The molecule has 1 N–H and O–H groups in total. The van der Waals surface area contributed by atoms with Crippen molar-refractivity contribution in [2.45, 2.75) is 38.1 Å². The summed E-state index contributed by atoms with van der Waals surface area (Å²) in [5.41, 5.74) is 0.666. The fraction of sp³-hybridized carbons (Fsp3) is 0.533. The number of nitrogens with zero attached hydrogens (tertiary/aromatic N) is 2. The molecule has 2 rings (SSSR count). The Bertz CT molecular complexity index is 429. The Hall–Kier alpha value is -1.53. The standard InChI is InChI=1S/C15H20N2O/c1-15(12-16,17-9-3-2-4-10-17)11-13-5-7-14(18)8-6-13/h5-8,18H,2-4,9-11H2,1H3. The highest BCUT2D eigenvalue weighted by Crippen LogP contribution is 2.25. The van der Waals surface area contributed by atoms with Crippen LogP contribution < -0.4 is 0 Å². The number of piperidine rings is 1. The molecule has 0 bridgehead atoms. The second-order valence-electron chi connectivity index (χ2n) is 5.28. The average Bonchev–Trinajstić information content (AvgIpc) is 2.42. The minimum Gasteiger partial charge on any atom is -0.508 e. The lowest BCUT2D eigenvalue weighted by Crippen LogP contribution is -2.49. The molecule has 0 radical (unpaired) electrons. The van der Waals surface area contributed by atoms with Crippen LogP contribution in [-0.2, 0) is 6.42 Å². The molecule has 1 aromatic carbocycles. The van der Waals surface area contributed by atoms with Crippen molar-refractivity contribution in [1.82, 2.24) is 4.90 Å². The van der Waals surface area contributed by atoms with Gasteiger partial charge in [0.15, 0.2) is 0 Å². The van der Waals surface area contributed by atoms with Gasteiger partial charge in [0.1, 0.15) is 11.3 Å². The van der Waals surface area contributed by atoms with Gasteiger partial charge in [0.2, 0.25) is 0 Å². The van der Waals surface area contributed by atoms with Gasteiger partial charge in [0.05, 0.1) is 6.07 Å². The van der Waals surface area contributed by atoms with Gasteiger partial charge >= 0.3 is 0 Å². The minimum absolute atomic E-state index is 0.274. The number of nitriles is 1. The number of aromatic hydroxyl groups is 1. The Balaban J connectivity index is 2.12. The van der Waals surface area contributed by atoms with Gasteiger partial charge in [-0.25, -0.2) is 0 Å².